The standard InChI is InChI=1S/C21H33NO2/c1-15(16-8-6-5-7-9-16)22-13-18(23)14-24-19-20(2,3)17-10-11-21(19,4)12-17/h5-9,15,17-19,22-23H,10-14H2,1-4H3/t15-,17-,18+,19-,21-/m1/s1. The van der Waals surface area contributed by atoms with E-state index in [0.717, 1.165) is 5.92 Å². The summed E-state index contributed by atoms with van der Waals surface area (Å²) in [5.74, 6) is 0.779. The first-order valence-corrected chi connectivity index (χ1v) is 9.41. The highest BCUT2D eigenvalue weighted by atomic mass is 16.5. The van der Waals surface area contributed by atoms with Gasteiger partial charge in [0.15, 0.2) is 0 Å². The van der Waals surface area contributed by atoms with Crippen molar-refractivity contribution in [3.05, 3.63) is 35.9 Å². The quantitative estimate of drug-likeness (QED) is 0.795. The summed E-state index contributed by atoms with van der Waals surface area (Å²) in [5, 5.41) is 13.8. The normalized spacial score (nSPS) is 33.5. The number of rotatable bonds is 7. The summed E-state index contributed by atoms with van der Waals surface area (Å²) >= 11 is 0. The van der Waals surface area contributed by atoms with E-state index >= 15 is 0 Å². The van der Waals surface area contributed by atoms with E-state index in [1.54, 1.807) is 0 Å². The first-order valence-electron chi connectivity index (χ1n) is 9.41. The van der Waals surface area contributed by atoms with Crippen molar-refractivity contribution in [1.29, 1.82) is 0 Å². The molecule has 0 radical (unpaired) electrons. The molecule has 0 aliphatic heterocycles. The first kappa shape index (κ1) is 17.9. The lowest BCUT2D eigenvalue weighted by Gasteiger charge is -2.42. The summed E-state index contributed by atoms with van der Waals surface area (Å²) in [6, 6.07) is 10.6. The molecule has 2 aliphatic carbocycles. The molecule has 0 heterocycles. The van der Waals surface area contributed by atoms with Gasteiger partial charge in [-0.05, 0) is 48.5 Å². The second kappa shape index (κ2) is 6.78. The van der Waals surface area contributed by atoms with E-state index in [-0.39, 0.29) is 17.6 Å². The minimum atomic E-state index is -0.463. The largest absolute Gasteiger partial charge is 0.389 e. The van der Waals surface area contributed by atoms with E-state index in [1.165, 1.54) is 24.8 Å². The molecule has 2 fully saturated rings. The van der Waals surface area contributed by atoms with E-state index < -0.39 is 6.10 Å². The number of aliphatic hydroxyl groups excluding tert-OH is 1. The second-order valence-electron chi connectivity index (χ2n) is 8.82. The molecule has 2 N–H and O–H groups in total. The predicted molar refractivity (Wildman–Crippen MR) is 97.8 cm³/mol. The van der Waals surface area contributed by atoms with Crippen LogP contribution in [0.4, 0.5) is 0 Å². The molecule has 0 saturated heterocycles. The summed E-state index contributed by atoms with van der Waals surface area (Å²) in [4.78, 5) is 0. The Labute approximate surface area is 146 Å². The molecule has 2 aliphatic rings. The monoisotopic (exact) mass is 331 g/mol. The topological polar surface area (TPSA) is 41.5 Å². The summed E-state index contributed by atoms with van der Waals surface area (Å²) in [5.41, 5.74) is 1.78. The van der Waals surface area contributed by atoms with Crippen LogP contribution in [0.2, 0.25) is 0 Å². The van der Waals surface area contributed by atoms with Crippen molar-refractivity contribution in [2.24, 2.45) is 16.7 Å². The minimum Gasteiger partial charge on any atom is -0.389 e. The van der Waals surface area contributed by atoms with Gasteiger partial charge in [-0.1, -0.05) is 51.1 Å². The van der Waals surface area contributed by atoms with Gasteiger partial charge < -0.3 is 15.2 Å². The molecule has 3 rings (SSSR count). The van der Waals surface area contributed by atoms with Crippen LogP contribution in [-0.4, -0.2) is 30.5 Å². The Bertz CT molecular complexity index is 539. The zero-order valence-corrected chi connectivity index (χ0v) is 15.6. The Kier molecular flexibility index (Phi) is 5.06. The maximum atomic E-state index is 10.3. The van der Waals surface area contributed by atoms with Crippen LogP contribution in [0.3, 0.4) is 0 Å². The van der Waals surface area contributed by atoms with E-state index in [2.05, 4.69) is 45.1 Å². The van der Waals surface area contributed by atoms with Gasteiger partial charge >= 0.3 is 0 Å². The van der Waals surface area contributed by atoms with Gasteiger partial charge in [-0.3, -0.25) is 0 Å². The molecule has 1 aromatic rings. The van der Waals surface area contributed by atoms with Gasteiger partial charge in [0, 0.05) is 12.6 Å². The minimum absolute atomic E-state index is 0.234. The highest BCUT2D eigenvalue weighted by molar-refractivity contribution is 5.18. The van der Waals surface area contributed by atoms with Crippen molar-refractivity contribution >= 4 is 0 Å². The molecule has 134 valence electrons. The molecule has 0 aromatic heterocycles. The van der Waals surface area contributed by atoms with E-state index in [4.69, 9.17) is 4.74 Å². The number of benzene rings is 1. The fourth-order valence-corrected chi connectivity index (χ4v) is 5.11. The third-order valence-corrected chi connectivity index (χ3v) is 6.55. The van der Waals surface area contributed by atoms with Crippen LogP contribution in [0.5, 0.6) is 0 Å². The lowest BCUT2D eigenvalue weighted by atomic mass is 9.70. The smallest absolute Gasteiger partial charge is 0.0898 e. The predicted octanol–water partition coefficient (Wildman–Crippen LogP) is 3.93. The maximum Gasteiger partial charge on any atom is 0.0898 e. The number of fused-ring (bicyclic) bond motifs is 2. The zero-order valence-electron chi connectivity index (χ0n) is 15.6. The van der Waals surface area contributed by atoms with Gasteiger partial charge in [-0.15, -0.1) is 0 Å². The van der Waals surface area contributed by atoms with Crippen LogP contribution in [0.25, 0.3) is 0 Å². The molecule has 0 spiro atoms. The SMILES string of the molecule is C[C@@H](NC[C@H](O)CO[C@@H]1C(C)(C)[C@@H]2CC[C@]1(C)C2)c1ccccc1. The van der Waals surface area contributed by atoms with E-state index in [1.807, 2.05) is 18.2 Å². The van der Waals surface area contributed by atoms with Gasteiger partial charge in [-0.2, -0.15) is 0 Å². The van der Waals surface area contributed by atoms with Gasteiger partial charge in [0.1, 0.15) is 0 Å². The fraction of sp³-hybridized carbons (Fsp3) is 0.714. The molecule has 0 unspecified atom stereocenters. The van der Waals surface area contributed by atoms with Crippen LogP contribution < -0.4 is 5.32 Å². The molecule has 2 saturated carbocycles. The highest BCUT2D eigenvalue weighted by Gasteiger charge is 2.60. The maximum absolute atomic E-state index is 10.3. The van der Waals surface area contributed by atoms with E-state index in [9.17, 15) is 5.11 Å². The summed E-state index contributed by atoms with van der Waals surface area (Å²) in [6.07, 6.45) is 3.69. The summed E-state index contributed by atoms with van der Waals surface area (Å²) in [7, 11) is 0. The molecule has 1 aromatic carbocycles. The molecule has 3 nitrogen and oxygen atoms in total. The lowest BCUT2D eigenvalue weighted by Crippen LogP contribution is -2.44. The molecule has 24 heavy (non-hydrogen) atoms. The van der Waals surface area contributed by atoms with Crippen molar-refractivity contribution < 1.29 is 9.84 Å². The third kappa shape index (κ3) is 3.40. The molecule has 5 atom stereocenters. The number of nitrogens with one attached hydrogen (secondary N) is 1. The molecular weight excluding hydrogens is 298 g/mol. The van der Waals surface area contributed by atoms with Gasteiger partial charge in [-0.25, -0.2) is 0 Å². The Morgan fingerprint density at radius 2 is 1.96 bits per heavy atom. The van der Waals surface area contributed by atoms with Crippen molar-refractivity contribution in [3.63, 3.8) is 0 Å². The molecular formula is C21H33NO2. The Morgan fingerprint density at radius 3 is 2.58 bits per heavy atom. The average Bonchev–Trinajstić information content (AvgIpc) is 3.04. The first-order chi connectivity index (χ1) is 11.3. The van der Waals surface area contributed by atoms with Crippen molar-refractivity contribution in [2.75, 3.05) is 13.2 Å². The van der Waals surface area contributed by atoms with Gasteiger partial charge in [0.05, 0.1) is 18.8 Å². The van der Waals surface area contributed by atoms with Crippen LogP contribution in [-0.2, 0) is 4.74 Å². The second-order valence-corrected chi connectivity index (χ2v) is 8.82. The highest BCUT2D eigenvalue weighted by Crippen LogP contribution is 2.63. The van der Waals surface area contributed by atoms with Gasteiger partial charge in [0.25, 0.3) is 0 Å². The Balaban J connectivity index is 1.47. The van der Waals surface area contributed by atoms with Crippen LogP contribution >= 0.6 is 0 Å². The number of ether oxygens (including phenoxy) is 1. The molecule has 2 bridgehead atoms. The van der Waals surface area contributed by atoms with Crippen molar-refractivity contribution in [1.82, 2.24) is 5.32 Å². The van der Waals surface area contributed by atoms with Crippen LogP contribution in [0, 0.1) is 16.7 Å². The average molecular weight is 332 g/mol. The van der Waals surface area contributed by atoms with E-state index in [0.29, 0.717) is 18.6 Å². The molecule has 0 amide bonds. The Morgan fingerprint density at radius 1 is 1.25 bits per heavy atom. The van der Waals surface area contributed by atoms with Crippen LogP contribution in [0.1, 0.15) is 58.6 Å². The zero-order chi connectivity index (χ0) is 17.4. The summed E-state index contributed by atoms with van der Waals surface area (Å²) in [6.45, 7) is 10.2. The van der Waals surface area contributed by atoms with Gasteiger partial charge in [0.2, 0.25) is 0 Å². The Hall–Kier alpha value is -0.900. The van der Waals surface area contributed by atoms with Crippen LogP contribution in [0.15, 0.2) is 30.3 Å². The number of hydrogen-bond donors (Lipinski definition) is 2. The fourth-order valence-electron chi connectivity index (χ4n) is 5.11. The number of hydrogen-bond acceptors (Lipinski definition) is 3. The number of aliphatic hydroxyl groups is 1. The lowest BCUT2D eigenvalue weighted by molar-refractivity contribution is -0.110. The third-order valence-electron chi connectivity index (χ3n) is 6.55. The van der Waals surface area contributed by atoms with Crippen molar-refractivity contribution in [3.8, 4) is 0 Å². The summed E-state index contributed by atoms with van der Waals surface area (Å²) < 4.78 is 6.26. The van der Waals surface area contributed by atoms with Crippen molar-refractivity contribution in [2.45, 2.75) is 65.2 Å². The molecule has 3 heteroatoms.